The number of carbonyl (C=O) groups is 2. The lowest BCUT2D eigenvalue weighted by Crippen LogP contribution is -2.44. The molecule has 2 aromatic heterocycles. The molecule has 0 bridgehead atoms. The molecule has 0 fully saturated rings. The molecule has 4 aromatic rings. The minimum absolute atomic E-state index is 0.0428. The van der Waals surface area contributed by atoms with E-state index in [1.807, 2.05) is 6.07 Å². The van der Waals surface area contributed by atoms with Gasteiger partial charge < -0.3 is 20.1 Å². The van der Waals surface area contributed by atoms with Crippen LogP contribution in [0.15, 0.2) is 42.6 Å². The summed E-state index contributed by atoms with van der Waals surface area (Å²) in [5, 5.41) is 14.0. The second kappa shape index (κ2) is 10.2. The number of pyridine rings is 1. The molecule has 214 valence electrons. The number of nitriles is 1. The Kier molecular flexibility index (Phi) is 6.85. The number of rotatable bonds is 6. The lowest BCUT2D eigenvalue weighted by atomic mass is 9.95. The predicted octanol–water partition coefficient (Wildman–Crippen LogP) is 4.39. The average Bonchev–Trinajstić information content (AvgIpc) is 3.35. The fraction of sp³-hybridized carbons (Fsp3) is 0.207. The molecule has 2 amide bonds. The van der Waals surface area contributed by atoms with Gasteiger partial charge in [0.15, 0.2) is 5.69 Å². The lowest BCUT2D eigenvalue weighted by Gasteiger charge is -2.29. The summed E-state index contributed by atoms with van der Waals surface area (Å²) in [6, 6.07) is 8.97. The molecule has 5 rings (SSSR count). The van der Waals surface area contributed by atoms with Gasteiger partial charge in [-0.05, 0) is 38.1 Å². The molecule has 0 spiro atoms. The molecule has 3 heterocycles. The largest absolute Gasteiger partial charge is 0.496 e. The van der Waals surface area contributed by atoms with Gasteiger partial charge in [-0.3, -0.25) is 9.59 Å². The standard InChI is InChI=1S/C29H23F3N6O4/c1-29(2,13-33)37(3)28(40)24-21-12-42-23-10-22(41-4)18(19-5-14(27(34)39)11-35-26(19)32)9-20(23)25(21)38(36-24)17-7-15(30)6-16(31)8-17/h5-11H,12H2,1-4H3,(H2,34,39). The van der Waals surface area contributed by atoms with Gasteiger partial charge in [-0.2, -0.15) is 14.8 Å². The van der Waals surface area contributed by atoms with Crippen LogP contribution in [0.2, 0.25) is 0 Å². The first kappa shape index (κ1) is 28.2. The van der Waals surface area contributed by atoms with Crippen LogP contribution in [0.25, 0.3) is 28.1 Å². The maximum absolute atomic E-state index is 15.0. The van der Waals surface area contributed by atoms with E-state index in [1.165, 1.54) is 41.9 Å². The molecule has 42 heavy (non-hydrogen) atoms. The summed E-state index contributed by atoms with van der Waals surface area (Å²) in [4.78, 5) is 30.2. The first-order valence-corrected chi connectivity index (χ1v) is 12.4. The minimum atomic E-state index is -1.22. The Bertz CT molecular complexity index is 1810. The summed E-state index contributed by atoms with van der Waals surface area (Å²) in [5.74, 6) is -3.76. The highest BCUT2D eigenvalue weighted by molar-refractivity contribution is 5.98. The molecular weight excluding hydrogens is 553 g/mol. The number of fused-ring (bicyclic) bond motifs is 3. The molecule has 0 unspecified atom stereocenters. The first-order chi connectivity index (χ1) is 19.9. The molecule has 10 nitrogen and oxygen atoms in total. The third kappa shape index (κ3) is 4.66. The van der Waals surface area contributed by atoms with Gasteiger partial charge in [-0.25, -0.2) is 18.4 Å². The number of benzene rings is 2. The van der Waals surface area contributed by atoms with Gasteiger partial charge in [0.05, 0.1) is 30.1 Å². The number of aromatic nitrogens is 3. The van der Waals surface area contributed by atoms with E-state index in [1.54, 1.807) is 13.8 Å². The molecule has 2 aromatic carbocycles. The molecule has 13 heteroatoms. The number of nitrogens with two attached hydrogens (primary N) is 1. The van der Waals surface area contributed by atoms with E-state index in [2.05, 4.69) is 10.1 Å². The van der Waals surface area contributed by atoms with Crippen LogP contribution in [0.4, 0.5) is 13.2 Å². The summed E-state index contributed by atoms with van der Waals surface area (Å²) < 4.78 is 56.3. The SMILES string of the molecule is COc1cc2c(cc1-c1cc(C(N)=O)cnc1F)-c1c(c(C(=O)N(C)C(C)(C)C#N)nn1-c1cc(F)cc(F)c1)CO2. The van der Waals surface area contributed by atoms with Crippen molar-refractivity contribution in [2.75, 3.05) is 14.2 Å². The second-order valence-electron chi connectivity index (χ2n) is 10.0. The maximum atomic E-state index is 15.0. The number of hydrogen-bond acceptors (Lipinski definition) is 7. The molecule has 0 aliphatic carbocycles. The Morgan fingerprint density at radius 1 is 1.10 bits per heavy atom. The summed E-state index contributed by atoms with van der Waals surface area (Å²) >= 11 is 0. The van der Waals surface area contributed by atoms with Crippen molar-refractivity contribution >= 4 is 11.8 Å². The number of amides is 2. The third-order valence-electron chi connectivity index (χ3n) is 7.04. The number of primary amides is 1. The van der Waals surface area contributed by atoms with E-state index >= 15 is 4.39 Å². The van der Waals surface area contributed by atoms with Gasteiger partial charge >= 0.3 is 0 Å². The lowest BCUT2D eigenvalue weighted by molar-refractivity contribution is 0.0688. The monoisotopic (exact) mass is 576 g/mol. The zero-order valence-corrected chi connectivity index (χ0v) is 22.8. The van der Waals surface area contributed by atoms with E-state index < -0.39 is 34.9 Å². The number of methoxy groups -OCH3 is 1. The number of carbonyl (C=O) groups excluding carboxylic acids is 2. The van der Waals surface area contributed by atoms with Crippen LogP contribution in [0, 0.1) is 28.9 Å². The van der Waals surface area contributed by atoms with Crippen molar-refractivity contribution in [1.29, 1.82) is 5.26 Å². The molecular formula is C29H23F3N6O4. The van der Waals surface area contributed by atoms with Crippen molar-refractivity contribution < 1.29 is 32.2 Å². The highest BCUT2D eigenvalue weighted by Crippen LogP contribution is 2.46. The van der Waals surface area contributed by atoms with Crippen LogP contribution < -0.4 is 15.2 Å². The van der Waals surface area contributed by atoms with Gasteiger partial charge in [0, 0.05) is 47.6 Å². The fourth-order valence-electron chi connectivity index (χ4n) is 4.54. The van der Waals surface area contributed by atoms with Crippen LogP contribution in [-0.4, -0.2) is 51.2 Å². The van der Waals surface area contributed by atoms with Crippen molar-refractivity contribution in [3.05, 3.63) is 77.0 Å². The maximum Gasteiger partial charge on any atom is 0.275 e. The molecule has 0 radical (unpaired) electrons. The zero-order valence-electron chi connectivity index (χ0n) is 22.8. The summed E-state index contributed by atoms with van der Waals surface area (Å²) in [6.07, 6.45) is 0.998. The quantitative estimate of drug-likeness (QED) is 0.336. The van der Waals surface area contributed by atoms with E-state index in [4.69, 9.17) is 15.2 Å². The van der Waals surface area contributed by atoms with E-state index in [0.717, 1.165) is 18.3 Å². The number of hydrogen-bond donors (Lipinski definition) is 1. The van der Waals surface area contributed by atoms with E-state index in [0.29, 0.717) is 6.07 Å². The summed E-state index contributed by atoms with van der Waals surface area (Å²) in [6.45, 7) is 2.92. The Morgan fingerprint density at radius 3 is 2.40 bits per heavy atom. The van der Waals surface area contributed by atoms with Crippen LogP contribution >= 0.6 is 0 Å². The van der Waals surface area contributed by atoms with Crippen LogP contribution in [0.3, 0.4) is 0 Å². The minimum Gasteiger partial charge on any atom is -0.496 e. The molecule has 0 saturated carbocycles. The average molecular weight is 577 g/mol. The molecule has 1 aliphatic rings. The van der Waals surface area contributed by atoms with Crippen molar-refractivity contribution in [1.82, 2.24) is 19.7 Å². The van der Waals surface area contributed by atoms with Gasteiger partial charge in [0.2, 0.25) is 11.9 Å². The molecule has 0 atom stereocenters. The molecule has 0 saturated heterocycles. The zero-order chi connectivity index (χ0) is 30.5. The second-order valence-corrected chi connectivity index (χ2v) is 10.0. The highest BCUT2D eigenvalue weighted by atomic mass is 19.1. The van der Waals surface area contributed by atoms with Crippen LogP contribution in [-0.2, 0) is 6.61 Å². The Balaban J connectivity index is 1.81. The first-order valence-electron chi connectivity index (χ1n) is 12.4. The number of halogens is 3. The van der Waals surface area contributed by atoms with Gasteiger partial charge in [0.25, 0.3) is 5.91 Å². The topological polar surface area (TPSA) is 136 Å². The summed E-state index contributed by atoms with van der Waals surface area (Å²) in [5.41, 5.74) is 4.74. The normalized spacial score (nSPS) is 12.0. The fourth-order valence-corrected chi connectivity index (χ4v) is 4.54. The van der Waals surface area contributed by atoms with E-state index in [9.17, 15) is 23.6 Å². The number of nitrogens with zero attached hydrogens (tertiary/aromatic N) is 5. The van der Waals surface area contributed by atoms with Gasteiger partial charge in [-0.1, -0.05) is 0 Å². The van der Waals surface area contributed by atoms with Gasteiger partial charge in [-0.15, -0.1) is 0 Å². The predicted molar refractivity (Wildman–Crippen MR) is 143 cm³/mol. The smallest absolute Gasteiger partial charge is 0.275 e. The number of ether oxygens (including phenoxy) is 2. The Labute approximate surface area is 237 Å². The Morgan fingerprint density at radius 2 is 1.79 bits per heavy atom. The Hall–Kier alpha value is -5.38. The third-order valence-corrected chi connectivity index (χ3v) is 7.04. The van der Waals surface area contributed by atoms with Crippen molar-refractivity contribution in [3.8, 4) is 45.6 Å². The van der Waals surface area contributed by atoms with Crippen LogP contribution in [0.1, 0.15) is 40.3 Å². The molecule has 1 aliphatic heterocycles. The summed E-state index contributed by atoms with van der Waals surface area (Å²) in [7, 11) is 2.78. The van der Waals surface area contributed by atoms with Crippen molar-refractivity contribution in [3.63, 3.8) is 0 Å². The van der Waals surface area contributed by atoms with Crippen molar-refractivity contribution in [2.24, 2.45) is 5.73 Å². The van der Waals surface area contributed by atoms with Gasteiger partial charge in [0.1, 0.15) is 35.3 Å². The van der Waals surface area contributed by atoms with Crippen LogP contribution in [0.5, 0.6) is 11.5 Å². The van der Waals surface area contributed by atoms with E-state index in [-0.39, 0.29) is 63.0 Å². The van der Waals surface area contributed by atoms with Crippen molar-refractivity contribution in [2.45, 2.75) is 26.0 Å². The molecule has 2 N–H and O–H groups in total. The highest BCUT2D eigenvalue weighted by Gasteiger charge is 2.36.